The van der Waals surface area contributed by atoms with Gasteiger partial charge >= 0.3 is 5.97 Å². The summed E-state index contributed by atoms with van der Waals surface area (Å²) in [5.74, 6) is 0.678. The molecule has 0 fully saturated rings. The maximum atomic E-state index is 11.0. The molecule has 0 unspecified atom stereocenters. The van der Waals surface area contributed by atoms with Crippen molar-refractivity contribution < 1.29 is 14.3 Å². The zero-order valence-corrected chi connectivity index (χ0v) is 12.3. The lowest BCUT2D eigenvalue weighted by molar-refractivity contribution is -0.140. The molecule has 0 heterocycles. The minimum absolute atomic E-state index is 0.174. The Hall–Kier alpha value is -1.59. The zero-order chi connectivity index (χ0) is 14.8. The molecule has 112 valence electrons. The highest BCUT2D eigenvalue weighted by atomic mass is 16.5. The highest BCUT2D eigenvalue weighted by molar-refractivity contribution is 5.69. The number of nitrogens with two attached hydrogens (primary N) is 1. The van der Waals surface area contributed by atoms with E-state index in [-0.39, 0.29) is 5.97 Å². The fourth-order valence-electron chi connectivity index (χ4n) is 1.78. The standard InChI is InChI=1S/C15H24N2O3/c1-17(9-7-15(18)19-2)8-4-10-20-14-6-3-5-13(11-14)12-16/h3,5-6,11H,4,7-10,12,16H2,1-2H3. The predicted molar refractivity (Wildman–Crippen MR) is 78.6 cm³/mol. The van der Waals surface area contributed by atoms with Gasteiger partial charge in [-0.15, -0.1) is 0 Å². The van der Waals surface area contributed by atoms with Crippen molar-refractivity contribution in [1.82, 2.24) is 4.90 Å². The second-order valence-corrected chi connectivity index (χ2v) is 4.68. The van der Waals surface area contributed by atoms with E-state index in [4.69, 9.17) is 10.5 Å². The van der Waals surface area contributed by atoms with Crippen molar-refractivity contribution in [3.8, 4) is 5.75 Å². The molecule has 1 rings (SSSR count). The van der Waals surface area contributed by atoms with Crippen molar-refractivity contribution in [3.05, 3.63) is 29.8 Å². The summed E-state index contributed by atoms with van der Waals surface area (Å²) < 4.78 is 10.3. The third-order valence-electron chi connectivity index (χ3n) is 3.01. The van der Waals surface area contributed by atoms with Crippen molar-refractivity contribution in [3.63, 3.8) is 0 Å². The quantitative estimate of drug-likeness (QED) is 0.547. The van der Waals surface area contributed by atoms with E-state index in [1.165, 1.54) is 7.11 Å². The molecule has 20 heavy (non-hydrogen) atoms. The second kappa shape index (κ2) is 9.34. The summed E-state index contributed by atoms with van der Waals surface area (Å²) >= 11 is 0. The average molecular weight is 280 g/mol. The molecule has 1 aromatic rings. The Morgan fingerprint density at radius 1 is 1.35 bits per heavy atom. The number of rotatable bonds is 9. The first-order valence-electron chi connectivity index (χ1n) is 6.83. The molecule has 0 radical (unpaired) electrons. The number of hydrogen-bond donors (Lipinski definition) is 1. The molecular formula is C15H24N2O3. The van der Waals surface area contributed by atoms with E-state index in [9.17, 15) is 4.79 Å². The zero-order valence-electron chi connectivity index (χ0n) is 12.3. The van der Waals surface area contributed by atoms with Gasteiger partial charge in [-0.1, -0.05) is 12.1 Å². The van der Waals surface area contributed by atoms with E-state index in [0.717, 1.165) is 24.3 Å². The van der Waals surface area contributed by atoms with Gasteiger partial charge in [0, 0.05) is 19.6 Å². The van der Waals surface area contributed by atoms with Crippen molar-refractivity contribution in [2.45, 2.75) is 19.4 Å². The normalized spacial score (nSPS) is 10.6. The molecule has 0 saturated heterocycles. The van der Waals surface area contributed by atoms with E-state index < -0.39 is 0 Å². The molecule has 0 aliphatic carbocycles. The number of esters is 1. The molecule has 0 spiro atoms. The topological polar surface area (TPSA) is 64.8 Å². The van der Waals surface area contributed by atoms with Crippen molar-refractivity contribution in [2.75, 3.05) is 33.9 Å². The van der Waals surface area contributed by atoms with Crippen LogP contribution in [0.2, 0.25) is 0 Å². The van der Waals surface area contributed by atoms with Gasteiger partial charge in [-0.3, -0.25) is 4.79 Å². The van der Waals surface area contributed by atoms with E-state index in [2.05, 4.69) is 9.64 Å². The van der Waals surface area contributed by atoms with Gasteiger partial charge in [0.2, 0.25) is 0 Å². The summed E-state index contributed by atoms with van der Waals surface area (Å²) in [5.41, 5.74) is 6.65. The van der Waals surface area contributed by atoms with E-state index >= 15 is 0 Å². The van der Waals surface area contributed by atoms with Crippen LogP contribution in [0.15, 0.2) is 24.3 Å². The van der Waals surface area contributed by atoms with Crippen LogP contribution in [0.3, 0.4) is 0 Å². The monoisotopic (exact) mass is 280 g/mol. The third kappa shape index (κ3) is 6.54. The summed E-state index contributed by atoms with van der Waals surface area (Å²) in [6.45, 7) is 2.76. The van der Waals surface area contributed by atoms with Crippen molar-refractivity contribution >= 4 is 5.97 Å². The second-order valence-electron chi connectivity index (χ2n) is 4.68. The van der Waals surface area contributed by atoms with Crippen LogP contribution in [0.4, 0.5) is 0 Å². The first-order valence-corrected chi connectivity index (χ1v) is 6.83. The van der Waals surface area contributed by atoms with Gasteiger partial charge in [0.05, 0.1) is 20.1 Å². The highest BCUT2D eigenvalue weighted by Gasteiger charge is 2.04. The largest absolute Gasteiger partial charge is 0.494 e. The average Bonchev–Trinajstić information content (AvgIpc) is 2.49. The Labute approximate surface area is 120 Å². The van der Waals surface area contributed by atoms with Crippen molar-refractivity contribution in [2.24, 2.45) is 5.73 Å². The Bertz CT molecular complexity index is 410. The van der Waals surface area contributed by atoms with Crippen molar-refractivity contribution in [1.29, 1.82) is 0 Å². The number of carbonyl (C=O) groups is 1. The minimum atomic E-state index is -0.174. The van der Waals surface area contributed by atoms with Gasteiger partial charge in [-0.25, -0.2) is 0 Å². The Morgan fingerprint density at radius 3 is 2.85 bits per heavy atom. The lowest BCUT2D eigenvalue weighted by atomic mass is 10.2. The molecule has 0 bridgehead atoms. The maximum absolute atomic E-state index is 11.0. The van der Waals surface area contributed by atoms with Crippen LogP contribution < -0.4 is 10.5 Å². The first-order chi connectivity index (χ1) is 9.65. The number of benzene rings is 1. The Morgan fingerprint density at radius 2 is 2.15 bits per heavy atom. The number of carbonyl (C=O) groups excluding carboxylic acids is 1. The number of nitrogens with zero attached hydrogens (tertiary/aromatic N) is 1. The molecule has 0 saturated carbocycles. The van der Waals surface area contributed by atoms with Gasteiger partial charge in [-0.2, -0.15) is 0 Å². The van der Waals surface area contributed by atoms with Gasteiger partial charge in [0.1, 0.15) is 5.75 Å². The van der Waals surface area contributed by atoms with Gasteiger partial charge in [-0.05, 0) is 31.2 Å². The van der Waals surface area contributed by atoms with Crippen LogP contribution in [0.5, 0.6) is 5.75 Å². The third-order valence-corrected chi connectivity index (χ3v) is 3.01. The van der Waals surface area contributed by atoms with Crippen LogP contribution in [0, 0.1) is 0 Å². The fraction of sp³-hybridized carbons (Fsp3) is 0.533. The van der Waals surface area contributed by atoms with E-state index in [1.54, 1.807) is 0 Å². The van der Waals surface area contributed by atoms with E-state index in [1.807, 2.05) is 31.3 Å². The summed E-state index contributed by atoms with van der Waals surface area (Å²) in [4.78, 5) is 13.1. The summed E-state index contributed by atoms with van der Waals surface area (Å²) in [6, 6.07) is 7.81. The molecule has 0 aliphatic rings. The molecule has 2 N–H and O–H groups in total. The number of methoxy groups -OCH3 is 1. The molecule has 5 heteroatoms. The molecule has 0 aliphatic heterocycles. The van der Waals surface area contributed by atoms with Crippen LogP contribution >= 0.6 is 0 Å². The minimum Gasteiger partial charge on any atom is -0.494 e. The van der Waals surface area contributed by atoms with Crippen LogP contribution in [-0.2, 0) is 16.1 Å². The van der Waals surface area contributed by atoms with E-state index in [0.29, 0.717) is 26.1 Å². The van der Waals surface area contributed by atoms with Gasteiger partial charge < -0.3 is 20.1 Å². The summed E-state index contributed by atoms with van der Waals surface area (Å²) in [7, 11) is 3.39. The summed E-state index contributed by atoms with van der Waals surface area (Å²) in [5, 5.41) is 0. The first kappa shape index (κ1) is 16.5. The highest BCUT2D eigenvalue weighted by Crippen LogP contribution is 2.13. The molecule has 5 nitrogen and oxygen atoms in total. The lowest BCUT2D eigenvalue weighted by Gasteiger charge is -2.16. The van der Waals surface area contributed by atoms with Gasteiger partial charge in [0.25, 0.3) is 0 Å². The maximum Gasteiger partial charge on any atom is 0.306 e. The van der Waals surface area contributed by atoms with Gasteiger partial charge in [0.15, 0.2) is 0 Å². The molecular weight excluding hydrogens is 256 g/mol. The molecule has 0 atom stereocenters. The van der Waals surface area contributed by atoms with Crippen LogP contribution in [-0.4, -0.2) is 44.7 Å². The summed E-state index contributed by atoms with van der Waals surface area (Å²) in [6.07, 6.45) is 1.33. The van der Waals surface area contributed by atoms with Crippen LogP contribution in [0.25, 0.3) is 0 Å². The SMILES string of the molecule is COC(=O)CCN(C)CCCOc1cccc(CN)c1. The molecule has 1 aromatic carbocycles. The Balaban J connectivity index is 2.16. The molecule has 0 amide bonds. The number of ether oxygens (including phenoxy) is 2. The van der Waals surface area contributed by atoms with Crippen LogP contribution in [0.1, 0.15) is 18.4 Å². The smallest absolute Gasteiger partial charge is 0.306 e. The molecule has 0 aromatic heterocycles. The fourth-order valence-corrected chi connectivity index (χ4v) is 1.78. The number of hydrogen-bond acceptors (Lipinski definition) is 5. The Kier molecular flexibility index (Phi) is 7.69. The predicted octanol–water partition coefficient (Wildman–Crippen LogP) is 1.41. The lowest BCUT2D eigenvalue weighted by Crippen LogP contribution is -2.24.